The number of amides is 1. The van der Waals surface area contributed by atoms with Crippen molar-refractivity contribution in [1.29, 1.82) is 0 Å². The minimum absolute atomic E-state index is 0.0486. The summed E-state index contributed by atoms with van der Waals surface area (Å²) in [6.45, 7) is 0.557. The Morgan fingerprint density at radius 2 is 2.35 bits per heavy atom. The highest BCUT2D eigenvalue weighted by Gasteiger charge is 2.25. The molecule has 0 unspecified atom stereocenters. The number of carbonyl (C=O) groups excluding carboxylic acids is 1. The Morgan fingerprint density at radius 3 is 3.00 bits per heavy atom. The zero-order valence-electron chi connectivity index (χ0n) is 9.65. The molecule has 92 valence electrons. The van der Waals surface area contributed by atoms with E-state index in [-0.39, 0.29) is 11.9 Å². The molecular formula is C12H15ClN2OS. The van der Waals surface area contributed by atoms with Gasteiger partial charge in [0.15, 0.2) is 0 Å². The second-order valence-electron chi connectivity index (χ2n) is 4.06. The molecule has 0 saturated carbocycles. The lowest BCUT2D eigenvalue weighted by Gasteiger charge is -2.21. The molecule has 1 heterocycles. The number of hydrogen-bond acceptors (Lipinski definition) is 3. The molecule has 0 spiro atoms. The second-order valence-corrected chi connectivity index (χ2v) is 5.50. The van der Waals surface area contributed by atoms with Crippen molar-refractivity contribution >= 4 is 29.3 Å². The topological polar surface area (TPSA) is 32.3 Å². The first-order valence-corrected chi connectivity index (χ1v) is 7.01. The monoisotopic (exact) mass is 270 g/mol. The molecule has 1 saturated heterocycles. The lowest BCUT2D eigenvalue weighted by Crippen LogP contribution is -2.42. The molecule has 0 aliphatic carbocycles. The molecular weight excluding hydrogens is 256 g/mol. The number of nitrogens with zero attached hydrogens (tertiary/aromatic N) is 1. The average Bonchev–Trinajstić information content (AvgIpc) is 2.84. The van der Waals surface area contributed by atoms with Crippen LogP contribution in [0.2, 0.25) is 5.02 Å². The van der Waals surface area contributed by atoms with Gasteiger partial charge in [-0.1, -0.05) is 29.8 Å². The molecule has 1 aromatic rings. The van der Waals surface area contributed by atoms with E-state index in [9.17, 15) is 4.79 Å². The van der Waals surface area contributed by atoms with Crippen LogP contribution < -0.4 is 5.32 Å². The van der Waals surface area contributed by atoms with Gasteiger partial charge < -0.3 is 4.90 Å². The van der Waals surface area contributed by atoms with Crippen molar-refractivity contribution in [3.05, 3.63) is 34.9 Å². The average molecular weight is 271 g/mol. The molecule has 1 fully saturated rings. The molecule has 1 atom stereocenters. The van der Waals surface area contributed by atoms with Crippen LogP contribution in [-0.2, 0) is 11.3 Å². The fraction of sp³-hybridized carbons (Fsp3) is 0.417. The summed E-state index contributed by atoms with van der Waals surface area (Å²) in [5, 5.41) is 3.89. The Labute approximate surface area is 111 Å². The standard InChI is InChI=1S/C12H15ClN2OS/c1-15(12(16)11-7-17-8-14-11)6-9-4-2-3-5-10(9)13/h2-5,11,14H,6-8H2,1H3/t11-/m1/s1. The maximum absolute atomic E-state index is 12.1. The van der Waals surface area contributed by atoms with E-state index >= 15 is 0 Å². The number of likely N-dealkylation sites (N-methyl/N-ethyl adjacent to an activating group) is 1. The summed E-state index contributed by atoms with van der Waals surface area (Å²) in [7, 11) is 1.82. The van der Waals surface area contributed by atoms with Crippen molar-refractivity contribution < 1.29 is 4.79 Å². The Hall–Kier alpha value is -0.710. The molecule has 0 aromatic heterocycles. The van der Waals surface area contributed by atoms with Crippen LogP contribution in [0.1, 0.15) is 5.56 Å². The van der Waals surface area contributed by atoms with E-state index in [1.807, 2.05) is 31.3 Å². The van der Waals surface area contributed by atoms with E-state index in [4.69, 9.17) is 11.6 Å². The number of carbonyl (C=O) groups is 1. The van der Waals surface area contributed by atoms with Crippen molar-refractivity contribution in [2.45, 2.75) is 12.6 Å². The zero-order valence-corrected chi connectivity index (χ0v) is 11.2. The van der Waals surface area contributed by atoms with Gasteiger partial charge in [-0.3, -0.25) is 10.1 Å². The number of benzene rings is 1. The Balaban J connectivity index is 1.99. The first kappa shape index (κ1) is 12.7. The first-order valence-electron chi connectivity index (χ1n) is 5.48. The molecule has 1 aliphatic rings. The van der Waals surface area contributed by atoms with Gasteiger partial charge in [-0.15, -0.1) is 11.8 Å². The minimum atomic E-state index is -0.0486. The molecule has 0 bridgehead atoms. The van der Waals surface area contributed by atoms with Gasteiger partial charge in [0, 0.05) is 30.2 Å². The zero-order chi connectivity index (χ0) is 12.3. The van der Waals surface area contributed by atoms with Crippen molar-refractivity contribution in [3.63, 3.8) is 0 Å². The lowest BCUT2D eigenvalue weighted by molar-refractivity contribution is -0.131. The summed E-state index contributed by atoms with van der Waals surface area (Å²) in [6.07, 6.45) is 0. The van der Waals surface area contributed by atoms with E-state index in [0.717, 1.165) is 17.2 Å². The van der Waals surface area contributed by atoms with E-state index in [0.29, 0.717) is 11.6 Å². The predicted molar refractivity (Wildman–Crippen MR) is 72.2 cm³/mol. The maximum atomic E-state index is 12.1. The highest BCUT2D eigenvalue weighted by atomic mass is 35.5. The predicted octanol–water partition coefficient (Wildman–Crippen LogP) is 1.96. The fourth-order valence-electron chi connectivity index (χ4n) is 1.78. The van der Waals surface area contributed by atoms with Crippen molar-refractivity contribution in [2.24, 2.45) is 0 Å². The highest BCUT2D eigenvalue weighted by Crippen LogP contribution is 2.18. The van der Waals surface area contributed by atoms with Gasteiger partial charge in [0.25, 0.3) is 0 Å². The molecule has 2 rings (SSSR count). The van der Waals surface area contributed by atoms with Gasteiger partial charge in [-0.05, 0) is 11.6 Å². The van der Waals surface area contributed by atoms with E-state index in [1.165, 1.54) is 0 Å². The van der Waals surface area contributed by atoms with Crippen molar-refractivity contribution in [2.75, 3.05) is 18.7 Å². The fourth-order valence-corrected chi connectivity index (χ4v) is 2.91. The van der Waals surface area contributed by atoms with Crippen molar-refractivity contribution in [1.82, 2.24) is 10.2 Å². The highest BCUT2D eigenvalue weighted by molar-refractivity contribution is 7.99. The van der Waals surface area contributed by atoms with Crippen molar-refractivity contribution in [3.8, 4) is 0 Å². The largest absolute Gasteiger partial charge is 0.340 e. The molecule has 17 heavy (non-hydrogen) atoms. The van der Waals surface area contributed by atoms with Crippen LogP contribution in [0.5, 0.6) is 0 Å². The Morgan fingerprint density at radius 1 is 1.59 bits per heavy atom. The summed E-state index contributed by atoms with van der Waals surface area (Å²) in [6, 6.07) is 7.57. The van der Waals surface area contributed by atoms with Crippen LogP contribution in [0, 0.1) is 0 Å². The maximum Gasteiger partial charge on any atom is 0.240 e. The molecule has 3 nitrogen and oxygen atoms in total. The number of rotatable bonds is 3. The van der Waals surface area contributed by atoms with Gasteiger partial charge >= 0.3 is 0 Å². The van der Waals surface area contributed by atoms with E-state index < -0.39 is 0 Å². The number of nitrogens with one attached hydrogen (secondary N) is 1. The molecule has 1 aromatic carbocycles. The summed E-state index contributed by atoms with van der Waals surface area (Å²) >= 11 is 7.83. The molecule has 5 heteroatoms. The number of halogens is 1. The lowest BCUT2D eigenvalue weighted by atomic mass is 10.2. The van der Waals surface area contributed by atoms with Crippen LogP contribution in [0.3, 0.4) is 0 Å². The van der Waals surface area contributed by atoms with Crippen LogP contribution >= 0.6 is 23.4 Å². The summed E-state index contributed by atoms with van der Waals surface area (Å²) in [5.41, 5.74) is 0.982. The summed E-state index contributed by atoms with van der Waals surface area (Å²) in [4.78, 5) is 13.8. The number of hydrogen-bond donors (Lipinski definition) is 1. The smallest absolute Gasteiger partial charge is 0.240 e. The summed E-state index contributed by atoms with van der Waals surface area (Å²) < 4.78 is 0. The van der Waals surface area contributed by atoms with Crippen LogP contribution in [-0.4, -0.2) is 35.5 Å². The first-order chi connectivity index (χ1) is 8.18. The van der Waals surface area contributed by atoms with Crippen LogP contribution in [0.15, 0.2) is 24.3 Å². The Bertz CT molecular complexity index is 407. The van der Waals surface area contributed by atoms with Gasteiger partial charge in [0.1, 0.15) is 0 Å². The number of thioether (sulfide) groups is 1. The van der Waals surface area contributed by atoms with Gasteiger partial charge in [-0.25, -0.2) is 0 Å². The SMILES string of the molecule is CN(Cc1ccccc1Cl)C(=O)[C@H]1CSCN1. The van der Waals surface area contributed by atoms with E-state index in [1.54, 1.807) is 16.7 Å². The quantitative estimate of drug-likeness (QED) is 0.911. The molecule has 0 radical (unpaired) electrons. The third-order valence-electron chi connectivity index (χ3n) is 2.76. The summed E-state index contributed by atoms with van der Waals surface area (Å²) in [5.74, 6) is 1.84. The van der Waals surface area contributed by atoms with E-state index in [2.05, 4.69) is 5.32 Å². The third kappa shape index (κ3) is 3.15. The minimum Gasteiger partial charge on any atom is -0.340 e. The normalized spacial score (nSPS) is 19.3. The Kier molecular flexibility index (Phi) is 4.31. The molecule has 1 N–H and O–H groups in total. The van der Waals surface area contributed by atoms with Gasteiger partial charge in [0.2, 0.25) is 5.91 Å². The van der Waals surface area contributed by atoms with Crippen LogP contribution in [0.4, 0.5) is 0 Å². The van der Waals surface area contributed by atoms with Crippen LogP contribution in [0.25, 0.3) is 0 Å². The van der Waals surface area contributed by atoms with Gasteiger partial charge in [-0.2, -0.15) is 0 Å². The molecule has 1 aliphatic heterocycles. The second kappa shape index (κ2) is 5.76. The molecule has 1 amide bonds. The van der Waals surface area contributed by atoms with Gasteiger partial charge in [0.05, 0.1) is 6.04 Å². The third-order valence-corrected chi connectivity index (χ3v) is 4.06.